The summed E-state index contributed by atoms with van der Waals surface area (Å²) in [4.78, 5) is 39.1. The Morgan fingerprint density at radius 1 is 1.14 bits per heavy atom. The Morgan fingerprint density at radius 2 is 1.89 bits per heavy atom. The first-order chi connectivity index (χ1) is 17.7. The van der Waals surface area contributed by atoms with Gasteiger partial charge in [-0.1, -0.05) is 48.0 Å². The monoisotopic (exact) mass is 648 g/mol. The number of carbonyl (C=O) groups excluding carboxylic acids is 3. The first-order valence-corrected chi connectivity index (χ1v) is 13.4. The summed E-state index contributed by atoms with van der Waals surface area (Å²) in [6.07, 6.45) is 1.61. The molecule has 0 spiro atoms. The normalized spacial score (nSPS) is 14.3. The molecule has 0 aromatic heterocycles. The highest BCUT2D eigenvalue weighted by Crippen LogP contribution is 2.37. The average molecular weight is 649 g/mol. The number of methoxy groups -OCH3 is 1. The molecule has 1 aliphatic heterocycles. The molecule has 190 valence electrons. The van der Waals surface area contributed by atoms with E-state index in [0.717, 1.165) is 31.4 Å². The number of anilines is 1. The molecule has 1 saturated heterocycles. The molecule has 37 heavy (non-hydrogen) atoms. The van der Waals surface area contributed by atoms with E-state index in [1.165, 1.54) is 7.11 Å². The standard InChI is InChI=1S/C27H22ClIN2O5S/c1-16-8-9-19(13-20(16)28)30-24(32)14-31-26(33)23(37-27(31)34)12-18-10-21(29)25(22(11-18)35-2)36-15-17-6-4-3-5-7-17/h3-13H,14-15H2,1-2H3,(H,30,32)/b23-12+. The second-order valence-corrected chi connectivity index (χ2v) is 10.7. The van der Waals surface area contributed by atoms with Crippen molar-refractivity contribution in [1.82, 2.24) is 4.90 Å². The molecule has 1 N–H and O–H groups in total. The second kappa shape index (κ2) is 12.0. The number of amides is 3. The van der Waals surface area contributed by atoms with Gasteiger partial charge in [-0.25, -0.2) is 0 Å². The molecular weight excluding hydrogens is 627 g/mol. The van der Waals surface area contributed by atoms with Gasteiger partial charge < -0.3 is 14.8 Å². The lowest BCUT2D eigenvalue weighted by molar-refractivity contribution is -0.127. The lowest BCUT2D eigenvalue weighted by Crippen LogP contribution is -2.36. The number of hydrogen-bond acceptors (Lipinski definition) is 6. The van der Waals surface area contributed by atoms with Gasteiger partial charge in [0.2, 0.25) is 5.91 Å². The van der Waals surface area contributed by atoms with Gasteiger partial charge in [0.15, 0.2) is 11.5 Å². The molecule has 0 unspecified atom stereocenters. The molecule has 3 aromatic carbocycles. The quantitative estimate of drug-likeness (QED) is 0.221. The van der Waals surface area contributed by atoms with E-state index in [1.807, 2.05) is 43.3 Å². The van der Waals surface area contributed by atoms with Gasteiger partial charge in [-0.2, -0.15) is 0 Å². The topological polar surface area (TPSA) is 84.9 Å². The summed E-state index contributed by atoms with van der Waals surface area (Å²) in [6, 6.07) is 18.4. The minimum absolute atomic E-state index is 0.215. The first kappa shape index (κ1) is 27.0. The van der Waals surface area contributed by atoms with E-state index in [0.29, 0.717) is 34.4 Å². The van der Waals surface area contributed by atoms with Crippen molar-refractivity contribution in [3.8, 4) is 11.5 Å². The van der Waals surface area contributed by atoms with E-state index in [-0.39, 0.29) is 4.91 Å². The third-order valence-corrected chi connectivity index (χ3v) is 7.52. The fraction of sp³-hybridized carbons (Fsp3) is 0.148. The van der Waals surface area contributed by atoms with E-state index >= 15 is 0 Å². The van der Waals surface area contributed by atoms with Crippen molar-refractivity contribution in [2.75, 3.05) is 19.0 Å². The molecule has 0 saturated carbocycles. The smallest absolute Gasteiger partial charge is 0.294 e. The highest BCUT2D eigenvalue weighted by atomic mass is 127. The van der Waals surface area contributed by atoms with Crippen molar-refractivity contribution in [2.24, 2.45) is 0 Å². The lowest BCUT2D eigenvalue weighted by atomic mass is 10.1. The van der Waals surface area contributed by atoms with Crippen LogP contribution in [0.5, 0.6) is 11.5 Å². The van der Waals surface area contributed by atoms with Crippen LogP contribution in [0.4, 0.5) is 10.5 Å². The summed E-state index contributed by atoms with van der Waals surface area (Å²) >= 11 is 9.03. The van der Waals surface area contributed by atoms with E-state index in [1.54, 1.807) is 30.3 Å². The summed E-state index contributed by atoms with van der Waals surface area (Å²) in [5.41, 5.74) is 3.04. The van der Waals surface area contributed by atoms with Crippen LogP contribution in [0, 0.1) is 10.5 Å². The summed E-state index contributed by atoms with van der Waals surface area (Å²) in [5.74, 6) is 0.0552. The maximum Gasteiger partial charge on any atom is 0.294 e. The van der Waals surface area contributed by atoms with Crippen LogP contribution in [0.15, 0.2) is 65.6 Å². The van der Waals surface area contributed by atoms with Gasteiger partial charge in [0.05, 0.1) is 15.6 Å². The highest BCUT2D eigenvalue weighted by Gasteiger charge is 2.36. The molecule has 1 fully saturated rings. The average Bonchev–Trinajstić information content (AvgIpc) is 3.13. The molecular formula is C27H22ClIN2O5S. The maximum atomic E-state index is 12.9. The molecule has 0 aliphatic carbocycles. The fourth-order valence-corrected chi connectivity index (χ4v) is 5.30. The fourth-order valence-electron chi connectivity index (χ4n) is 3.50. The number of thioether (sulfide) groups is 1. The number of hydrogen-bond donors (Lipinski definition) is 1. The zero-order chi connectivity index (χ0) is 26.5. The van der Waals surface area contributed by atoms with Gasteiger partial charge in [-0.05, 0) is 88.3 Å². The maximum absolute atomic E-state index is 12.9. The number of nitrogens with zero attached hydrogens (tertiary/aromatic N) is 1. The molecule has 1 heterocycles. The van der Waals surface area contributed by atoms with Gasteiger partial charge in [-0.3, -0.25) is 19.3 Å². The Hall–Kier alpha value is -3.02. The summed E-state index contributed by atoms with van der Waals surface area (Å²) in [5, 5.41) is 2.66. The third-order valence-electron chi connectivity index (χ3n) is 5.41. The number of aryl methyl sites for hydroxylation is 1. The molecule has 3 aromatic rings. The van der Waals surface area contributed by atoms with E-state index in [2.05, 4.69) is 27.9 Å². The molecule has 1 aliphatic rings. The van der Waals surface area contributed by atoms with Gasteiger partial charge in [0.1, 0.15) is 13.2 Å². The number of halogens is 2. The number of imide groups is 1. The largest absolute Gasteiger partial charge is 0.493 e. The predicted molar refractivity (Wildman–Crippen MR) is 154 cm³/mol. The first-order valence-electron chi connectivity index (χ1n) is 11.1. The van der Waals surface area contributed by atoms with Crippen LogP contribution in [0.25, 0.3) is 6.08 Å². The van der Waals surface area contributed by atoms with Crippen molar-refractivity contribution in [3.05, 3.63) is 90.9 Å². The molecule has 0 bridgehead atoms. The van der Waals surface area contributed by atoms with Crippen molar-refractivity contribution in [1.29, 1.82) is 0 Å². The van der Waals surface area contributed by atoms with Crippen LogP contribution in [-0.4, -0.2) is 35.6 Å². The Bertz CT molecular complexity index is 1400. The number of benzene rings is 3. The SMILES string of the molecule is COc1cc(/C=C2/SC(=O)N(CC(=O)Nc3ccc(C)c(Cl)c3)C2=O)cc(I)c1OCc1ccccc1. The minimum atomic E-state index is -0.537. The zero-order valence-corrected chi connectivity index (χ0v) is 23.6. The molecule has 4 rings (SSSR count). The number of nitrogens with one attached hydrogen (secondary N) is 1. The molecule has 0 radical (unpaired) electrons. The number of ether oxygens (including phenoxy) is 2. The molecule has 10 heteroatoms. The van der Waals surface area contributed by atoms with Crippen molar-refractivity contribution in [3.63, 3.8) is 0 Å². The van der Waals surface area contributed by atoms with Crippen molar-refractivity contribution in [2.45, 2.75) is 13.5 Å². The highest BCUT2D eigenvalue weighted by molar-refractivity contribution is 14.1. The van der Waals surface area contributed by atoms with Crippen LogP contribution in [0.3, 0.4) is 0 Å². The zero-order valence-electron chi connectivity index (χ0n) is 19.9. The van der Waals surface area contributed by atoms with Gasteiger partial charge in [0.25, 0.3) is 11.1 Å². The predicted octanol–water partition coefficient (Wildman–Crippen LogP) is 6.52. The summed E-state index contributed by atoms with van der Waals surface area (Å²) in [7, 11) is 1.54. The van der Waals surface area contributed by atoms with Gasteiger partial charge in [-0.15, -0.1) is 0 Å². The molecule has 3 amide bonds. The van der Waals surface area contributed by atoms with Gasteiger partial charge >= 0.3 is 0 Å². The number of rotatable bonds is 8. The molecule has 0 atom stereocenters. The van der Waals surface area contributed by atoms with E-state index in [9.17, 15) is 14.4 Å². The van der Waals surface area contributed by atoms with Crippen LogP contribution in [-0.2, 0) is 16.2 Å². The third kappa shape index (κ3) is 6.65. The van der Waals surface area contributed by atoms with Crippen LogP contribution in [0.2, 0.25) is 5.02 Å². The Labute approximate surface area is 237 Å². The lowest BCUT2D eigenvalue weighted by Gasteiger charge is -2.14. The summed E-state index contributed by atoms with van der Waals surface area (Å²) in [6.45, 7) is 1.82. The van der Waals surface area contributed by atoms with Crippen LogP contribution in [0.1, 0.15) is 16.7 Å². The Balaban J connectivity index is 1.46. The van der Waals surface area contributed by atoms with Crippen LogP contribution >= 0.6 is 46.0 Å². The second-order valence-electron chi connectivity index (χ2n) is 8.09. The van der Waals surface area contributed by atoms with Crippen LogP contribution < -0.4 is 14.8 Å². The molecule has 7 nitrogen and oxygen atoms in total. The Morgan fingerprint density at radius 3 is 2.59 bits per heavy atom. The van der Waals surface area contributed by atoms with E-state index < -0.39 is 23.6 Å². The Kier molecular flexibility index (Phi) is 8.78. The van der Waals surface area contributed by atoms with Crippen molar-refractivity contribution < 1.29 is 23.9 Å². The summed E-state index contributed by atoms with van der Waals surface area (Å²) < 4.78 is 12.3. The number of carbonyl (C=O) groups is 3. The minimum Gasteiger partial charge on any atom is -0.493 e. The van der Waals surface area contributed by atoms with Gasteiger partial charge in [0, 0.05) is 10.7 Å². The van der Waals surface area contributed by atoms with E-state index in [4.69, 9.17) is 21.1 Å². The van der Waals surface area contributed by atoms with Crippen molar-refractivity contribution >= 4 is 74.8 Å².